The fourth-order valence-electron chi connectivity index (χ4n) is 1.80. The molecule has 17 heavy (non-hydrogen) atoms. The maximum Gasteiger partial charge on any atom is 0.302 e. The van der Waals surface area contributed by atoms with Gasteiger partial charge in [0.2, 0.25) is 0 Å². The molecule has 0 aromatic heterocycles. The van der Waals surface area contributed by atoms with E-state index in [9.17, 15) is 4.79 Å². The Kier molecular flexibility index (Phi) is 6.51. The van der Waals surface area contributed by atoms with Crippen LogP contribution >= 0.6 is 0 Å². The number of ether oxygens (including phenoxy) is 1. The Hall–Kier alpha value is -0.790. The molecule has 0 aromatic carbocycles. The van der Waals surface area contributed by atoms with E-state index in [2.05, 4.69) is 40.7 Å². The standard InChI is InChI=1S/C15H28O2/c1-11(2)9-8-10-12(3)15(6,7)13(4)17-14(5)16/h9,12-13H,8,10H2,1-7H3. The van der Waals surface area contributed by atoms with Gasteiger partial charge in [-0.1, -0.05) is 32.4 Å². The third-order valence-electron chi connectivity index (χ3n) is 3.81. The van der Waals surface area contributed by atoms with Crippen molar-refractivity contribution in [1.82, 2.24) is 0 Å². The van der Waals surface area contributed by atoms with Gasteiger partial charge >= 0.3 is 5.97 Å². The molecule has 2 nitrogen and oxygen atoms in total. The minimum atomic E-state index is -0.193. The molecule has 0 bridgehead atoms. The topological polar surface area (TPSA) is 26.3 Å². The first-order valence-corrected chi connectivity index (χ1v) is 6.48. The molecule has 0 aliphatic carbocycles. The molecule has 0 rings (SSSR count). The van der Waals surface area contributed by atoms with Crippen LogP contribution in [0.4, 0.5) is 0 Å². The van der Waals surface area contributed by atoms with E-state index >= 15 is 0 Å². The van der Waals surface area contributed by atoms with E-state index in [4.69, 9.17) is 4.74 Å². The van der Waals surface area contributed by atoms with Gasteiger partial charge in [0.1, 0.15) is 6.10 Å². The molecule has 0 fully saturated rings. The van der Waals surface area contributed by atoms with Crippen molar-refractivity contribution in [1.29, 1.82) is 0 Å². The predicted octanol–water partition coefficient (Wildman–Crippen LogP) is 4.35. The Morgan fingerprint density at radius 1 is 1.24 bits per heavy atom. The van der Waals surface area contributed by atoms with Crippen molar-refractivity contribution in [2.45, 2.75) is 67.4 Å². The smallest absolute Gasteiger partial charge is 0.302 e. The molecule has 2 heteroatoms. The van der Waals surface area contributed by atoms with Gasteiger partial charge in [-0.2, -0.15) is 0 Å². The van der Waals surface area contributed by atoms with Gasteiger partial charge < -0.3 is 4.74 Å². The van der Waals surface area contributed by atoms with E-state index in [-0.39, 0.29) is 17.5 Å². The Bertz CT molecular complexity index is 273. The lowest BCUT2D eigenvalue weighted by Gasteiger charge is -2.36. The summed E-state index contributed by atoms with van der Waals surface area (Å²) < 4.78 is 5.31. The van der Waals surface area contributed by atoms with Crippen LogP contribution in [0.5, 0.6) is 0 Å². The van der Waals surface area contributed by atoms with E-state index in [0.717, 1.165) is 12.8 Å². The van der Waals surface area contributed by atoms with Gasteiger partial charge in [0.05, 0.1) is 0 Å². The average Bonchev–Trinajstić information content (AvgIpc) is 2.15. The van der Waals surface area contributed by atoms with E-state index in [1.54, 1.807) is 0 Å². The summed E-state index contributed by atoms with van der Waals surface area (Å²) in [5, 5.41) is 0. The van der Waals surface area contributed by atoms with Crippen molar-refractivity contribution in [2.24, 2.45) is 11.3 Å². The highest BCUT2D eigenvalue weighted by atomic mass is 16.5. The van der Waals surface area contributed by atoms with Crippen LogP contribution in [0.25, 0.3) is 0 Å². The summed E-state index contributed by atoms with van der Waals surface area (Å²) >= 11 is 0. The number of hydrogen-bond donors (Lipinski definition) is 0. The third-order valence-corrected chi connectivity index (χ3v) is 3.81. The second kappa shape index (κ2) is 6.83. The number of allylic oxidation sites excluding steroid dienone is 2. The zero-order valence-corrected chi connectivity index (χ0v) is 12.5. The van der Waals surface area contributed by atoms with Crippen LogP contribution in [0.1, 0.15) is 61.3 Å². The molecule has 0 aliphatic heterocycles. The van der Waals surface area contributed by atoms with Crippen molar-refractivity contribution in [3.63, 3.8) is 0 Å². The molecule has 0 radical (unpaired) electrons. The second-order valence-corrected chi connectivity index (χ2v) is 5.83. The van der Waals surface area contributed by atoms with Crippen molar-refractivity contribution in [2.75, 3.05) is 0 Å². The SMILES string of the molecule is CC(=O)OC(C)C(C)(C)C(C)CCC=C(C)C. The highest BCUT2D eigenvalue weighted by Crippen LogP contribution is 2.35. The first-order chi connectivity index (χ1) is 7.67. The third kappa shape index (κ3) is 5.90. The molecule has 0 saturated heterocycles. The first kappa shape index (κ1) is 16.2. The minimum Gasteiger partial charge on any atom is -0.462 e. The summed E-state index contributed by atoms with van der Waals surface area (Å²) in [6.45, 7) is 14.3. The highest BCUT2D eigenvalue weighted by molar-refractivity contribution is 5.66. The number of esters is 1. The Morgan fingerprint density at radius 3 is 2.18 bits per heavy atom. The number of carbonyl (C=O) groups excluding carboxylic acids is 1. The fourth-order valence-corrected chi connectivity index (χ4v) is 1.80. The Balaban J connectivity index is 4.37. The van der Waals surface area contributed by atoms with Gasteiger partial charge in [0, 0.05) is 12.3 Å². The molecule has 0 aromatic rings. The quantitative estimate of drug-likeness (QED) is 0.510. The summed E-state index contributed by atoms with van der Waals surface area (Å²) in [5.41, 5.74) is 1.38. The Morgan fingerprint density at radius 2 is 1.76 bits per heavy atom. The molecular formula is C15H28O2. The fraction of sp³-hybridized carbons (Fsp3) is 0.800. The minimum absolute atomic E-state index is 0.0150. The van der Waals surface area contributed by atoms with Crippen molar-refractivity contribution >= 4 is 5.97 Å². The maximum absolute atomic E-state index is 11.0. The van der Waals surface area contributed by atoms with Gasteiger partial charge in [0.25, 0.3) is 0 Å². The molecule has 100 valence electrons. The van der Waals surface area contributed by atoms with Crippen LogP contribution in [0.15, 0.2) is 11.6 Å². The summed E-state index contributed by atoms with van der Waals surface area (Å²) in [6, 6.07) is 0. The summed E-state index contributed by atoms with van der Waals surface area (Å²) in [5.74, 6) is 0.328. The van der Waals surface area contributed by atoms with Crippen LogP contribution in [0.2, 0.25) is 0 Å². The van der Waals surface area contributed by atoms with E-state index < -0.39 is 0 Å². The van der Waals surface area contributed by atoms with Crippen LogP contribution < -0.4 is 0 Å². The molecular weight excluding hydrogens is 212 g/mol. The molecule has 0 saturated carbocycles. The summed E-state index contributed by atoms with van der Waals surface area (Å²) in [7, 11) is 0. The average molecular weight is 240 g/mol. The lowest BCUT2D eigenvalue weighted by Crippen LogP contribution is -2.36. The van der Waals surface area contributed by atoms with Gasteiger partial charge in [0.15, 0.2) is 0 Å². The number of rotatable bonds is 6. The van der Waals surface area contributed by atoms with E-state index in [0.29, 0.717) is 5.92 Å². The molecule has 0 spiro atoms. The second-order valence-electron chi connectivity index (χ2n) is 5.83. The van der Waals surface area contributed by atoms with Crippen LogP contribution in [-0.2, 0) is 9.53 Å². The van der Waals surface area contributed by atoms with Crippen molar-refractivity contribution in [3.05, 3.63) is 11.6 Å². The van der Waals surface area contributed by atoms with Crippen LogP contribution in [-0.4, -0.2) is 12.1 Å². The lowest BCUT2D eigenvalue weighted by molar-refractivity contribution is -0.153. The lowest BCUT2D eigenvalue weighted by atomic mass is 9.73. The van der Waals surface area contributed by atoms with Gasteiger partial charge in [-0.25, -0.2) is 0 Å². The number of hydrogen-bond acceptors (Lipinski definition) is 2. The molecule has 0 N–H and O–H groups in total. The zero-order valence-electron chi connectivity index (χ0n) is 12.5. The Labute approximate surface area is 106 Å². The van der Waals surface area contributed by atoms with Gasteiger partial charge in [-0.05, 0) is 39.5 Å². The van der Waals surface area contributed by atoms with Gasteiger partial charge in [-0.15, -0.1) is 0 Å². The molecule has 2 unspecified atom stereocenters. The highest BCUT2D eigenvalue weighted by Gasteiger charge is 2.33. The monoisotopic (exact) mass is 240 g/mol. The predicted molar refractivity (Wildman–Crippen MR) is 72.8 cm³/mol. The number of carbonyl (C=O) groups is 1. The van der Waals surface area contributed by atoms with Gasteiger partial charge in [-0.3, -0.25) is 4.79 Å². The van der Waals surface area contributed by atoms with Crippen molar-refractivity contribution in [3.8, 4) is 0 Å². The van der Waals surface area contributed by atoms with Crippen LogP contribution in [0.3, 0.4) is 0 Å². The zero-order chi connectivity index (χ0) is 13.6. The molecule has 0 aliphatic rings. The largest absolute Gasteiger partial charge is 0.462 e. The summed E-state index contributed by atoms with van der Waals surface area (Å²) in [4.78, 5) is 11.0. The normalized spacial score (nSPS) is 15.0. The molecule has 0 amide bonds. The van der Waals surface area contributed by atoms with Crippen LogP contribution in [0, 0.1) is 11.3 Å². The van der Waals surface area contributed by atoms with E-state index in [1.807, 2.05) is 6.92 Å². The summed E-state index contributed by atoms with van der Waals surface area (Å²) in [6.07, 6.45) is 4.45. The van der Waals surface area contributed by atoms with Crippen molar-refractivity contribution < 1.29 is 9.53 Å². The maximum atomic E-state index is 11.0. The molecule has 2 atom stereocenters. The first-order valence-electron chi connectivity index (χ1n) is 6.48. The molecule has 0 heterocycles. The van der Waals surface area contributed by atoms with E-state index in [1.165, 1.54) is 12.5 Å².